The van der Waals surface area contributed by atoms with Crippen LogP contribution in [0.15, 0.2) is 65.6 Å². The summed E-state index contributed by atoms with van der Waals surface area (Å²) in [7, 11) is -7.90. The second-order valence-corrected chi connectivity index (χ2v) is 9.49. The van der Waals surface area contributed by atoms with Crippen LogP contribution in [0, 0.1) is 0 Å². The molecule has 0 radical (unpaired) electrons. The first-order valence-electron chi connectivity index (χ1n) is 7.68. The minimum atomic E-state index is -3.97. The van der Waals surface area contributed by atoms with Gasteiger partial charge in [-0.15, -0.1) is 0 Å². The molecule has 1 unspecified atom stereocenters. The molecule has 0 bridgehead atoms. The smallest absolute Gasteiger partial charge is 0.308 e. The fourth-order valence-electron chi connectivity index (χ4n) is 2.42. The van der Waals surface area contributed by atoms with E-state index in [-0.39, 0.29) is 18.1 Å². The van der Waals surface area contributed by atoms with Crippen molar-refractivity contribution in [3.05, 3.63) is 66.2 Å². The molecule has 5 nitrogen and oxygen atoms in total. The van der Waals surface area contributed by atoms with Crippen molar-refractivity contribution in [3.8, 4) is 0 Å². The van der Waals surface area contributed by atoms with Crippen LogP contribution in [0.1, 0.15) is 24.4 Å². The average Bonchev–Trinajstić information content (AvgIpc) is 2.57. The van der Waals surface area contributed by atoms with Crippen molar-refractivity contribution in [2.75, 3.05) is 13.2 Å². The van der Waals surface area contributed by atoms with Gasteiger partial charge in [0.25, 0.3) is 0 Å². The summed E-state index contributed by atoms with van der Waals surface area (Å²) in [5, 5.41) is 0. The van der Waals surface area contributed by atoms with Gasteiger partial charge in [-0.05, 0) is 31.5 Å². The normalized spacial score (nSPS) is 13.6. The number of hydrogen-bond acceptors (Lipinski definition) is 5. The van der Waals surface area contributed by atoms with Gasteiger partial charge >= 0.3 is 7.60 Å². The topological polar surface area (TPSA) is 69.7 Å². The second-order valence-electron chi connectivity index (χ2n) is 5.00. The lowest BCUT2D eigenvalue weighted by molar-refractivity contribution is 0.217. The van der Waals surface area contributed by atoms with Gasteiger partial charge in [0.2, 0.25) is 0 Å². The first-order valence-corrected chi connectivity index (χ1v) is 10.8. The fourth-order valence-corrected chi connectivity index (χ4v) is 7.42. The van der Waals surface area contributed by atoms with E-state index in [9.17, 15) is 13.0 Å². The molecule has 0 aromatic heterocycles. The van der Waals surface area contributed by atoms with E-state index in [0.717, 1.165) is 0 Å². The Hall–Kier alpha value is -1.46. The van der Waals surface area contributed by atoms with Crippen LogP contribution >= 0.6 is 7.60 Å². The molecule has 2 rings (SSSR count). The lowest BCUT2D eigenvalue weighted by Crippen LogP contribution is -2.17. The first-order chi connectivity index (χ1) is 11.5. The Morgan fingerprint density at radius 2 is 1.33 bits per heavy atom. The van der Waals surface area contributed by atoms with Crippen molar-refractivity contribution < 1.29 is 22.0 Å². The van der Waals surface area contributed by atoms with Gasteiger partial charge in [-0.3, -0.25) is 4.57 Å². The van der Waals surface area contributed by atoms with Gasteiger partial charge in [-0.25, -0.2) is 8.42 Å². The van der Waals surface area contributed by atoms with Crippen LogP contribution in [-0.2, 0) is 23.4 Å². The van der Waals surface area contributed by atoms with Crippen LogP contribution in [0.25, 0.3) is 0 Å². The molecule has 0 aliphatic rings. The molecule has 2 aromatic rings. The molecular formula is C17H21O5PS. The van der Waals surface area contributed by atoms with Crippen molar-refractivity contribution in [3.63, 3.8) is 0 Å². The largest absolute Gasteiger partial charge is 0.353 e. The number of rotatable bonds is 8. The molecule has 0 aliphatic heterocycles. The Balaban J connectivity index is 2.66. The monoisotopic (exact) mass is 368 g/mol. The van der Waals surface area contributed by atoms with E-state index in [2.05, 4.69) is 0 Å². The van der Waals surface area contributed by atoms with Crippen LogP contribution in [-0.4, -0.2) is 21.6 Å². The van der Waals surface area contributed by atoms with E-state index in [4.69, 9.17) is 9.05 Å². The highest BCUT2D eigenvalue weighted by Crippen LogP contribution is 2.64. The lowest BCUT2D eigenvalue weighted by atomic mass is 10.2. The van der Waals surface area contributed by atoms with E-state index in [1.54, 1.807) is 62.4 Å². The zero-order chi connectivity index (χ0) is 17.6. The van der Waals surface area contributed by atoms with Crippen molar-refractivity contribution in [2.45, 2.75) is 23.7 Å². The summed E-state index contributed by atoms with van der Waals surface area (Å²) in [6, 6.07) is 16.3. The summed E-state index contributed by atoms with van der Waals surface area (Å²) in [5.74, 6) is 0. The van der Waals surface area contributed by atoms with Gasteiger partial charge in [-0.2, -0.15) is 0 Å². The molecule has 1 atom stereocenters. The highest BCUT2D eigenvalue weighted by Gasteiger charge is 2.46. The molecule has 130 valence electrons. The third-order valence-corrected chi connectivity index (χ3v) is 8.86. The van der Waals surface area contributed by atoms with E-state index >= 15 is 0 Å². The molecule has 0 amide bonds. The van der Waals surface area contributed by atoms with Crippen molar-refractivity contribution >= 4 is 17.4 Å². The van der Waals surface area contributed by atoms with Gasteiger partial charge < -0.3 is 9.05 Å². The van der Waals surface area contributed by atoms with Crippen LogP contribution in [0.4, 0.5) is 0 Å². The average molecular weight is 368 g/mol. The Kier molecular flexibility index (Phi) is 6.35. The van der Waals surface area contributed by atoms with Crippen LogP contribution in [0.5, 0.6) is 0 Å². The summed E-state index contributed by atoms with van der Waals surface area (Å²) in [6.45, 7) is 3.49. The molecule has 24 heavy (non-hydrogen) atoms. The van der Waals surface area contributed by atoms with Gasteiger partial charge in [-0.1, -0.05) is 48.5 Å². The van der Waals surface area contributed by atoms with Crippen LogP contribution < -0.4 is 0 Å². The summed E-state index contributed by atoms with van der Waals surface area (Å²) in [4.78, 5) is -1.33. The van der Waals surface area contributed by atoms with E-state index in [1.807, 2.05) is 0 Å². The van der Waals surface area contributed by atoms with Crippen molar-refractivity contribution in [1.82, 2.24) is 0 Å². The van der Waals surface area contributed by atoms with Crippen molar-refractivity contribution in [2.24, 2.45) is 0 Å². The summed E-state index contributed by atoms with van der Waals surface area (Å²) in [5.41, 5.74) is 0.381. The molecule has 0 saturated carbocycles. The minimum absolute atomic E-state index is 0.0819. The number of sulfone groups is 1. The van der Waals surface area contributed by atoms with E-state index in [0.29, 0.717) is 5.56 Å². The lowest BCUT2D eigenvalue weighted by Gasteiger charge is -2.26. The molecular weight excluding hydrogens is 347 g/mol. The first kappa shape index (κ1) is 18.9. The zero-order valence-electron chi connectivity index (χ0n) is 13.7. The second kappa shape index (κ2) is 8.08. The molecule has 0 aliphatic carbocycles. The highest BCUT2D eigenvalue weighted by molar-refractivity contribution is 7.98. The summed E-state index contributed by atoms with van der Waals surface area (Å²) >= 11 is 0. The maximum absolute atomic E-state index is 13.3. The fraction of sp³-hybridized carbons (Fsp3) is 0.294. The maximum atomic E-state index is 13.3. The van der Waals surface area contributed by atoms with E-state index in [1.165, 1.54) is 12.1 Å². The number of hydrogen-bond donors (Lipinski definition) is 0. The summed E-state index contributed by atoms with van der Waals surface area (Å²) in [6.07, 6.45) is 0. The number of benzene rings is 2. The van der Waals surface area contributed by atoms with Gasteiger partial charge in [0.05, 0.1) is 18.1 Å². The molecule has 0 N–H and O–H groups in total. The molecule has 0 heterocycles. The quantitative estimate of drug-likeness (QED) is 0.645. The molecule has 0 fully saturated rings. The Morgan fingerprint density at radius 1 is 0.875 bits per heavy atom. The van der Waals surface area contributed by atoms with E-state index < -0.39 is 22.4 Å². The van der Waals surface area contributed by atoms with Gasteiger partial charge in [0.15, 0.2) is 14.8 Å². The maximum Gasteiger partial charge on any atom is 0.353 e. The minimum Gasteiger partial charge on any atom is -0.308 e. The molecule has 0 saturated heterocycles. The highest BCUT2D eigenvalue weighted by atomic mass is 32.2. The molecule has 0 spiro atoms. The van der Waals surface area contributed by atoms with Gasteiger partial charge in [0.1, 0.15) is 0 Å². The molecule has 2 aromatic carbocycles. The third kappa shape index (κ3) is 3.95. The van der Waals surface area contributed by atoms with Gasteiger partial charge in [0, 0.05) is 0 Å². The van der Waals surface area contributed by atoms with Crippen LogP contribution in [0.3, 0.4) is 0 Å². The van der Waals surface area contributed by atoms with Crippen molar-refractivity contribution in [1.29, 1.82) is 0 Å². The predicted molar refractivity (Wildman–Crippen MR) is 93.7 cm³/mol. The summed E-state index contributed by atoms with van der Waals surface area (Å²) < 4.78 is 50.4. The molecule has 7 heteroatoms. The Labute approximate surface area is 143 Å². The Bertz CT molecular complexity index is 780. The predicted octanol–water partition coefficient (Wildman–Crippen LogP) is 4.43. The Morgan fingerprint density at radius 3 is 1.79 bits per heavy atom. The zero-order valence-corrected chi connectivity index (χ0v) is 15.4. The SMILES string of the molecule is CCOP(=O)(OCC)C(c1ccccc1)S(=O)(=O)c1ccccc1. The van der Waals surface area contributed by atoms with Crippen LogP contribution in [0.2, 0.25) is 0 Å². The standard InChI is InChI=1S/C17H21O5PS/c1-3-21-23(18,22-4-2)17(15-11-7-5-8-12-15)24(19,20)16-13-9-6-10-14-16/h5-14,17H,3-4H2,1-2H3. The third-order valence-electron chi connectivity index (χ3n) is 3.36.